The zero-order valence-electron chi connectivity index (χ0n) is 10.2. The van der Waals surface area contributed by atoms with Crippen LogP contribution in [0.2, 0.25) is 0 Å². The largest absolute Gasteiger partial charge is 0.347 e. The summed E-state index contributed by atoms with van der Waals surface area (Å²) in [5, 5.41) is 3.16. The average Bonchev–Trinajstić information content (AvgIpc) is 2.58. The van der Waals surface area contributed by atoms with Crippen molar-refractivity contribution in [3.05, 3.63) is 65.7 Å². The second kappa shape index (κ2) is 4.91. The fourth-order valence-electron chi connectivity index (χ4n) is 2.10. The maximum Gasteiger partial charge on any atom is 0.149 e. The van der Waals surface area contributed by atoms with Gasteiger partial charge in [0.15, 0.2) is 0 Å². The van der Waals surface area contributed by atoms with Gasteiger partial charge < -0.3 is 11.1 Å². The van der Waals surface area contributed by atoms with Gasteiger partial charge in [-0.3, -0.25) is 4.99 Å². The third-order valence-electron chi connectivity index (χ3n) is 3.02. The summed E-state index contributed by atoms with van der Waals surface area (Å²) in [5.74, 6) is 0. The summed E-state index contributed by atoms with van der Waals surface area (Å²) < 4.78 is 0. The van der Waals surface area contributed by atoms with E-state index in [1.165, 1.54) is 0 Å². The Balaban J connectivity index is 2.21. The van der Waals surface area contributed by atoms with Gasteiger partial charge in [-0.15, -0.1) is 0 Å². The maximum atomic E-state index is 5.99. The third-order valence-corrected chi connectivity index (χ3v) is 3.37. The summed E-state index contributed by atoms with van der Waals surface area (Å²) in [6.07, 6.45) is -0.516. The van der Waals surface area contributed by atoms with E-state index in [1.807, 2.05) is 54.6 Å². The first-order chi connectivity index (χ1) is 9.25. The molecular weight excluding hydrogens is 254 g/mol. The number of hydrogen-bond donors (Lipinski definition) is 2. The van der Waals surface area contributed by atoms with Gasteiger partial charge in [0, 0.05) is 16.8 Å². The van der Waals surface area contributed by atoms with Crippen LogP contribution in [0, 0.1) is 0 Å². The lowest BCUT2D eigenvalue weighted by molar-refractivity contribution is 0.938. The van der Waals surface area contributed by atoms with Crippen LogP contribution in [-0.4, -0.2) is 16.9 Å². The highest BCUT2D eigenvalue weighted by Gasteiger charge is 2.19. The molecule has 94 valence electrons. The minimum Gasteiger partial charge on any atom is -0.347 e. The van der Waals surface area contributed by atoms with Gasteiger partial charge in [-0.05, 0) is 6.07 Å². The SMILES string of the molecule is NC1N=C(c2ccccc2)c2ccccc2NC1=S. The van der Waals surface area contributed by atoms with Crippen molar-refractivity contribution in [3.8, 4) is 0 Å². The molecule has 1 aliphatic rings. The fraction of sp³-hybridized carbons (Fsp3) is 0.0667. The topological polar surface area (TPSA) is 50.4 Å². The number of nitrogens with one attached hydrogen (secondary N) is 1. The number of benzodiazepines with no additional fused rings is 1. The van der Waals surface area contributed by atoms with Crippen molar-refractivity contribution in [2.45, 2.75) is 6.17 Å². The smallest absolute Gasteiger partial charge is 0.149 e. The van der Waals surface area contributed by atoms with Crippen LogP contribution in [0.15, 0.2) is 59.6 Å². The number of thiocarbonyl (C=S) groups is 1. The van der Waals surface area contributed by atoms with Crippen LogP contribution in [0.3, 0.4) is 0 Å². The summed E-state index contributed by atoms with van der Waals surface area (Å²) in [4.78, 5) is 5.10. The van der Waals surface area contributed by atoms with Crippen LogP contribution in [0.25, 0.3) is 0 Å². The molecule has 2 aromatic rings. The number of hydrogen-bond acceptors (Lipinski definition) is 3. The molecule has 0 amide bonds. The number of rotatable bonds is 1. The van der Waals surface area contributed by atoms with Crippen molar-refractivity contribution in [2.24, 2.45) is 10.7 Å². The molecule has 0 spiro atoms. The molecular formula is C15H13N3S. The molecule has 1 heterocycles. The molecule has 0 saturated carbocycles. The normalized spacial score (nSPS) is 18.1. The Kier molecular flexibility index (Phi) is 3.11. The molecule has 0 bridgehead atoms. The van der Waals surface area contributed by atoms with Crippen molar-refractivity contribution in [3.63, 3.8) is 0 Å². The highest BCUT2D eigenvalue weighted by molar-refractivity contribution is 7.80. The van der Waals surface area contributed by atoms with E-state index < -0.39 is 6.17 Å². The molecule has 3 N–H and O–H groups in total. The predicted molar refractivity (Wildman–Crippen MR) is 82.7 cm³/mol. The molecule has 0 fully saturated rings. The fourth-order valence-corrected chi connectivity index (χ4v) is 2.26. The highest BCUT2D eigenvalue weighted by Crippen LogP contribution is 2.23. The van der Waals surface area contributed by atoms with Crippen molar-refractivity contribution in [2.75, 3.05) is 5.32 Å². The average molecular weight is 267 g/mol. The Morgan fingerprint density at radius 1 is 1.00 bits per heavy atom. The molecule has 1 aliphatic heterocycles. The van der Waals surface area contributed by atoms with Gasteiger partial charge >= 0.3 is 0 Å². The summed E-state index contributed by atoms with van der Waals surface area (Å²) >= 11 is 5.25. The third kappa shape index (κ3) is 2.28. The standard InChI is InChI=1S/C15H13N3S/c16-14-15(19)17-12-9-5-4-8-11(12)13(18-14)10-6-2-1-3-7-10/h1-9,14H,16H2,(H,17,19). The Labute approximate surface area is 117 Å². The molecule has 3 nitrogen and oxygen atoms in total. The van der Waals surface area contributed by atoms with E-state index in [9.17, 15) is 0 Å². The molecule has 1 atom stereocenters. The Morgan fingerprint density at radius 2 is 1.68 bits per heavy atom. The van der Waals surface area contributed by atoms with Crippen LogP contribution in [0.5, 0.6) is 0 Å². The number of para-hydroxylation sites is 1. The van der Waals surface area contributed by atoms with E-state index in [0.29, 0.717) is 4.99 Å². The molecule has 2 aromatic carbocycles. The highest BCUT2D eigenvalue weighted by atomic mass is 32.1. The van der Waals surface area contributed by atoms with Crippen molar-refractivity contribution < 1.29 is 0 Å². The number of nitrogens with two attached hydrogens (primary N) is 1. The van der Waals surface area contributed by atoms with Crippen LogP contribution < -0.4 is 11.1 Å². The minimum atomic E-state index is -0.516. The van der Waals surface area contributed by atoms with Gasteiger partial charge in [-0.25, -0.2) is 0 Å². The van der Waals surface area contributed by atoms with E-state index >= 15 is 0 Å². The van der Waals surface area contributed by atoms with Crippen LogP contribution >= 0.6 is 12.2 Å². The summed E-state index contributed by atoms with van der Waals surface area (Å²) in [6, 6.07) is 18.0. The van der Waals surface area contributed by atoms with E-state index in [-0.39, 0.29) is 0 Å². The first-order valence-electron chi connectivity index (χ1n) is 6.05. The second-order valence-electron chi connectivity index (χ2n) is 4.32. The lowest BCUT2D eigenvalue weighted by atomic mass is 10.0. The van der Waals surface area contributed by atoms with Crippen molar-refractivity contribution >= 4 is 28.6 Å². The summed E-state index contributed by atoms with van der Waals surface area (Å²) in [5.41, 5.74) is 9.87. The molecule has 0 saturated heterocycles. The Hall–Kier alpha value is -2.04. The molecule has 0 aromatic heterocycles. The zero-order chi connectivity index (χ0) is 13.2. The van der Waals surface area contributed by atoms with Gasteiger partial charge in [0.2, 0.25) is 0 Å². The predicted octanol–water partition coefficient (Wildman–Crippen LogP) is 2.56. The number of nitrogens with zero attached hydrogens (tertiary/aromatic N) is 1. The first-order valence-corrected chi connectivity index (χ1v) is 6.45. The molecule has 3 rings (SSSR count). The van der Waals surface area contributed by atoms with E-state index in [4.69, 9.17) is 18.0 Å². The number of fused-ring (bicyclic) bond motifs is 1. The number of benzene rings is 2. The molecule has 0 aliphatic carbocycles. The molecule has 19 heavy (non-hydrogen) atoms. The van der Waals surface area contributed by atoms with Gasteiger partial charge in [0.25, 0.3) is 0 Å². The van der Waals surface area contributed by atoms with Crippen LogP contribution in [-0.2, 0) is 0 Å². The van der Waals surface area contributed by atoms with Gasteiger partial charge in [0.1, 0.15) is 11.2 Å². The lowest BCUT2D eigenvalue weighted by Crippen LogP contribution is -2.31. The molecule has 1 unspecified atom stereocenters. The molecule has 4 heteroatoms. The monoisotopic (exact) mass is 267 g/mol. The minimum absolute atomic E-state index is 0.516. The van der Waals surface area contributed by atoms with Crippen LogP contribution in [0.1, 0.15) is 11.1 Å². The zero-order valence-corrected chi connectivity index (χ0v) is 11.0. The van der Waals surface area contributed by atoms with Crippen LogP contribution in [0.4, 0.5) is 5.69 Å². The van der Waals surface area contributed by atoms with E-state index in [1.54, 1.807) is 0 Å². The molecule has 0 radical (unpaired) electrons. The Morgan fingerprint density at radius 3 is 2.47 bits per heavy atom. The van der Waals surface area contributed by atoms with Gasteiger partial charge in [-0.1, -0.05) is 60.7 Å². The van der Waals surface area contributed by atoms with E-state index in [0.717, 1.165) is 22.5 Å². The summed E-state index contributed by atoms with van der Waals surface area (Å²) in [6.45, 7) is 0. The van der Waals surface area contributed by atoms with E-state index in [2.05, 4.69) is 10.3 Å². The Bertz CT molecular complexity index is 649. The second-order valence-corrected chi connectivity index (χ2v) is 4.76. The number of anilines is 1. The van der Waals surface area contributed by atoms with Gasteiger partial charge in [0.05, 0.1) is 5.71 Å². The maximum absolute atomic E-state index is 5.99. The van der Waals surface area contributed by atoms with Crippen molar-refractivity contribution in [1.29, 1.82) is 0 Å². The van der Waals surface area contributed by atoms with Gasteiger partial charge in [-0.2, -0.15) is 0 Å². The van der Waals surface area contributed by atoms with Crippen molar-refractivity contribution in [1.82, 2.24) is 0 Å². The lowest BCUT2D eigenvalue weighted by Gasteiger charge is -2.09. The summed E-state index contributed by atoms with van der Waals surface area (Å²) in [7, 11) is 0. The first kappa shape index (κ1) is 12.0. The quantitative estimate of drug-likeness (QED) is 0.781. The number of aliphatic imine (C=N–C) groups is 1.